The Morgan fingerprint density at radius 2 is 1.68 bits per heavy atom. The summed E-state index contributed by atoms with van der Waals surface area (Å²) in [7, 11) is 1.74. The molecule has 5 rings (SSSR count). The molecule has 3 nitrogen and oxygen atoms in total. The second kappa shape index (κ2) is 8.20. The maximum atomic E-state index is 6.81. The van der Waals surface area contributed by atoms with Gasteiger partial charge in [0.05, 0.1) is 20.3 Å². The molecule has 3 fully saturated rings. The van der Waals surface area contributed by atoms with E-state index in [4.69, 9.17) is 9.47 Å². The van der Waals surface area contributed by atoms with Crippen molar-refractivity contribution in [2.45, 2.75) is 57.9 Å². The quantitative estimate of drug-likeness (QED) is 0.585. The number of methoxy groups -OCH3 is 1. The van der Waals surface area contributed by atoms with Gasteiger partial charge < -0.3 is 30.9 Å². The highest BCUT2D eigenvalue weighted by Gasteiger charge is 2.76. The van der Waals surface area contributed by atoms with E-state index in [1.807, 2.05) is 0 Å². The molecule has 1 saturated carbocycles. The van der Waals surface area contributed by atoms with Crippen LogP contribution < -0.4 is 21.7 Å². The largest absolute Gasteiger partial charge is 1.00 e. The summed E-state index contributed by atoms with van der Waals surface area (Å²) >= 11 is 0. The smallest absolute Gasteiger partial charge is 0.123 e. The van der Waals surface area contributed by atoms with Crippen LogP contribution in [0.3, 0.4) is 0 Å². The summed E-state index contributed by atoms with van der Waals surface area (Å²) in [6.07, 6.45) is 2.66. The average molecular weight is 486 g/mol. The van der Waals surface area contributed by atoms with E-state index in [1.165, 1.54) is 35.0 Å². The lowest BCUT2D eigenvalue weighted by atomic mass is 9.76. The molecule has 4 heteroatoms. The van der Waals surface area contributed by atoms with Gasteiger partial charge in [-0.2, -0.15) is 0 Å². The first-order chi connectivity index (χ1) is 14.4. The zero-order valence-corrected chi connectivity index (χ0v) is 20.9. The van der Waals surface area contributed by atoms with Crippen LogP contribution in [0, 0.1) is 17.8 Å². The number of nitrogens with zero attached hydrogens (tertiary/aromatic N) is 1. The molecule has 2 aromatic rings. The molecule has 0 N–H and O–H groups in total. The number of hydrogen-bond acceptors (Lipinski definition) is 2. The minimum Gasteiger partial charge on any atom is -1.00 e. The van der Waals surface area contributed by atoms with Crippen LogP contribution in [-0.4, -0.2) is 35.8 Å². The molecule has 2 aromatic carbocycles. The second-order valence-corrected chi connectivity index (χ2v) is 10.5. The van der Waals surface area contributed by atoms with Crippen molar-refractivity contribution in [2.24, 2.45) is 17.8 Å². The Hall–Kier alpha value is -1.36. The Morgan fingerprint density at radius 3 is 2.35 bits per heavy atom. The van der Waals surface area contributed by atoms with Gasteiger partial charge in [-0.3, -0.25) is 0 Å². The standard InChI is InChI=1S/C27H36NO2.BrH/c1-20-16-28(17-21-10-12-23(29-4)13-11-21)19-26(2,25-15-14-24(20)27(25,28)3)30-18-22-8-6-5-7-9-22;/h5-13,20,24-25H,14-19H2,1-4H3;1H/q+1;/p-1/t20-,24+,25-,26-,27-,28-;/m1./s1. The number of rotatable bonds is 6. The van der Waals surface area contributed by atoms with Gasteiger partial charge in [-0.05, 0) is 56.5 Å². The fourth-order valence-corrected chi connectivity index (χ4v) is 7.82. The molecule has 2 heterocycles. The van der Waals surface area contributed by atoms with Crippen LogP contribution in [0.5, 0.6) is 5.75 Å². The first-order valence-corrected chi connectivity index (χ1v) is 11.6. The molecule has 3 aliphatic rings. The van der Waals surface area contributed by atoms with Gasteiger partial charge in [0.2, 0.25) is 0 Å². The Bertz CT molecular complexity index is 903. The van der Waals surface area contributed by atoms with Gasteiger partial charge in [-0.25, -0.2) is 0 Å². The minimum atomic E-state index is -0.0635. The van der Waals surface area contributed by atoms with Crippen molar-refractivity contribution in [2.75, 3.05) is 20.2 Å². The van der Waals surface area contributed by atoms with Crippen LogP contribution in [0.2, 0.25) is 0 Å². The summed E-state index contributed by atoms with van der Waals surface area (Å²) in [5.41, 5.74) is 2.94. The number of hydrogen-bond donors (Lipinski definition) is 0. The lowest BCUT2D eigenvalue weighted by molar-refractivity contribution is -0.967. The van der Waals surface area contributed by atoms with Crippen LogP contribution >= 0.6 is 0 Å². The fraction of sp³-hybridized carbons (Fsp3) is 0.556. The Kier molecular flexibility index (Phi) is 6.04. The van der Waals surface area contributed by atoms with Crippen molar-refractivity contribution in [1.82, 2.24) is 0 Å². The lowest BCUT2D eigenvalue weighted by Gasteiger charge is -2.43. The zero-order chi connectivity index (χ0) is 21.0. The predicted molar refractivity (Wildman–Crippen MR) is 120 cm³/mol. The maximum Gasteiger partial charge on any atom is 0.123 e. The molecule has 0 unspecified atom stereocenters. The van der Waals surface area contributed by atoms with E-state index < -0.39 is 0 Å². The number of halogens is 1. The van der Waals surface area contributed by atoms with Crippen molar-refractivity contribution in [3.8, 4) is 5.75 Å². The van der Waals surface area contributed by atoms with Gasteiger partial charge in [0.15, 0.2) is 0 Å². The lowest BCUT2D eigenvalue weighted by Crippen LogP contribution is -3.00. The second-order valence-electron chi connectivity index (χ2n) is 10.5. The molecule has 2 saturated heterocycles. The Labute approximate surface area is 198 Å². The third-order valence-corrected chi connectivity index (χ3v) is 8.98. The molecule has 0 radical (unpaired) electrons. The van der Waals surface area contributed by atoms with Crippen molar-refractivity contribution in [1.29, 1.82) is 0 Å². The normalized spacial score (nSPS) is 38.0. The summed E-state index contributed by atoms with van der Waals surface area (Å²) in [5.74, 6) is 3.16. The summed E-state index contributed by atoms with van der Waals surface area (Å²) in [5, 5.41) is 0. The van der Waals surface area contributed by atoms with Gasteiger partial charge in [-0.1, -0.05) is 37.3 Å². The number of quaternary nitrogens is 1. The average Bonchev–Trinajstić information content (AvgIpc) is 3.28. The van der Waals surface area contributed by atoms with E-state index in [0.29, 0.717) is 18.1 Å². The molecular formula is C27H36BrNO2. The molecule has 0 amide bonds. The molecule has 168 valence electrons. The van der Waals surface area contributed by atoms with E-state index >= 15 is 0 Å². The summed E-state index contributed by atoms with van der Waals surface area (Å²) < 4.78 is 13.4. The highest BCUT2D eigenvalue weighted by molar-refractivity contribution is 5.27. The van der Waals surface area contributed by atoms with Crippen LogP contribution in [0.1, 0.15) is 44.7 Å². The van der Waals surface area contributed by atoms with Crippen molar-refractivity contribution < 1.29 is 30.9 Å². The van der Waals surface area contributed by atoms with Crippen LogP contribution in [0.15, 0.2) is 54.6 Å². The highest BCUT2D eigenvalue weighted by atomic mass is 79.9. The number of ether oxygens (including phenoxy) is 2. The molecule has 31 heavy (non-hydrogen) atoms. The Balaban J connectivity index is 0.00000231. The molecule has 1 aliphatic carbocycles. The number of benzene rings is 2. The summed E-state index contributed by atoms with van der Waals surface area (Å²) in [6.45, 7) is 11.7. The molecule has 2 aliphatic heterocycles. The topological polar surface area (TPSA) is 18.5 Å². The highest BCUT2D eigenvalue weighted by Crippen LogP contribution is 2.65. The van der Waals surface area contributed by atoms with Crippen LogP contribution in [-0.2, 0) is 17.9 Å². The van der Waals surface area contributed by atoms with E-state index in [1.54, 1.807) is 7.11 Å². The zero-order valence-electron chi connectivity index (χ0n) is 19.3. The van der Waals surface area contributed by atoms with Crippen molar-refractivity contribution in [3.05, 3.63) is 65.7 Å². The van der Waals surface area contributed by atoms with E-state index in [-0.39, 0.29) is 22.6 Å². The first kappa shape index (κ1) is 22.8. The third kappa shape index (κ3) is 3.46. The molecule has 0 spiro atoms. The van der Waals surface area contributed by atoms with Crippen molar-refractivity contribution >= 4 is 0 Å². The summed E-state index contributed by atoms with van der Waals surface area (Å²) in [6, 6.07) is 19.4. The fourth-order valence-electron chi connectivity index (χ4n) is 7.82. The van der Waals surface area contributed by atoms with Crippen molar-refractivity contribution in [3.63, 3.8) is 0 Å². The van der Waals surface area contributed by atoms with E-state index in [2.05, 4.69) is 75.4 Å². The molecule has 0 aromatic heterocycles. The maximum absolute atomic E-state index is 6.81. The Morgan fingerprint density at radius 1 is 0.968 bits per heavy atom. The van der Waals surface area contributed by atoms with Gasteiger partial charge in [-0.15, -0.1) is 0 Å². The molecule has 6 atom stereocenters. The van der Waals surface area contributed by atoms with Crippen LogP contribution in [0.4, 0.5) is 0 Å². The van der Waals surface area contributed by atoms with E-state index in [9.17, 15) is 0 Å². The molecular weight excluding hydrogens is 450 g/mol. The summed E-state index contributed by atoms with van der Waals surface area (Å²) in [4.78, 5) is 0. The SMILES string of the molecule is COc1ccc(C[N@@+]23C[C@@H](C)[C@@H]4CC[C@@H]([C@@]42C)[C@](C)(OCc2ccccc2)C3)cc1.[Br-]. The van der Waals surface area contributed by atoms with Gasteiger partial charge in [0, 0.05) is 23.3 Å². The molecule has 0 bridgehead atoms. The van der Waals surface area contributed by atoms with Gasteiger partial charge in [0.1, 0.15) is 30.0 Å². The minimum absolute atomic E-state index is 0. The third-order valence-electron chi connectivity index (χ3n) is 8.98. The first-order valence-electron chi connectivity index (χ1n) is 11.6. The van der Waals surface area contributed by atoms with Gasteiger partial charge >= 0.3 is 0 Å². The predicted octanol–water partition coefficient (Wildman–Crippen LogP) is 2.44. The van der Waals surface area contributed by atoms with Crippen LogP contribution in [0.25, 0.3) is 0 Å². The van der Waals surface area contributed by atoms with Gasteiger partial charge in [0.25, 0.3) is 0 Å². The van der Waals surface area contributed by atoms with E-state index in [0.717, 1.165) is 30.7 Å². The monoisotopic (exact) mass is 485 g/mol.